The third-order valence-electron chi connectivity index (χ3n) is 2.41. The lowest BCUT2D eigenvalue weighted by Crippen LogP contribution is -2.46. The van der Waals surface area contributed by atoms with Gasteiger partial charge in [0.05, 0.1) is 13.0 Å². The van der Waals surface area contributed by atoms with Crippen molar-refractivity contribution in [2.75, 3.05) is 13.2 Å². The van der Waals surface area contributed by atoms with E-state index in [1.54, 1.807) is 0 Å². The fourth-order valence-electron chi connectivity index (χ4n) is 1.03. The first-order chi connectivity index (χ1) is 8.74. The van der Waals surface area contributed by atoms with Gasteiger partial charge in [-0.2, -0.15) is 0 Å². The Morgan fingerprint density at radius 3 is 2.47 bits per heavy atom. The van der Waals surface area contributed by atoms with Gasteiger partial charge >= 0.3 is 11.9 Å². The van der Waals surface area contributed by atoms with Crippen LogP contribution in [0.4, 0.5) is 0 Å². The van der Waals surface area contributed by atoms with Gasteiger partial charge in [-0.05, 0) is 0 Å². The van der Waals surface area contributed by atoms with Gasteiger partial charge in [-0.25, -0.2) is 4.79 Å². The van der Waals surface area contributed by atoms with E-state index in [-0.39, 0.29) is 19.6 Å². The van der Waals surface area contributed by atoms with E-state index in [2.05, 4.69) is 16.6 Å². The first-order valence-corrected chi connectivity index (χ1v) is 5.68. The van der Waals surface area contributed by atoms with Crippen molar-refractivity contribution in [1.29, 1.82) is 0 Å². The number of aliphatic hydroxyl groups excluding tert-OH is 2. The van der Waals surface area contributed by atoms with E-state index < -0.39 is 29.4 Å². The van der Waals surface area contributed by atoms with Crippen LogP contribution in [0.1, 0.15) is 20.3 Å². The molecule has 0 saturated heterocycles. The molecule has 0 aliphatic carbocycles. The van der Waals surface area contributed by atoms with Crippen LogP contribution in [-0.2, 0) is 19.1 Å². The summed E-state index contributed by atoms with van der Waals surface area (Å²) in [6.07, 6.45) is -0.759. The number of carbonyl (C=O) groups excluding carboxylic acids is 3. The Morgan fingerprint density at radius 1 is 1.42 bits per heavy atom. The van der Waals surface area contributed by atoms with Crippen LogP contribution in [0.15, 0.2) is 12.7 Å². The molecule has 108 valence electrons. The number of nitrogens with one attached hydrogen (secondary N) is 1. The van der Waals surface area contributed by atoms with E-state index in [0.29, 0.717) is 0 Å². The number of ether oxygens (including phenoxy) is 1. The molecule has 1 amide bonds. The highest BCUT2D eigenvalue weighted by Gasteiger charge is 2.32. The Kier molecular flexibility index (Phi) is 6.95. The molecule has 0 fully saturated rings. The maximum absolute atomic E-state index is 11.5. The van der Waals surface area contributed by atoms with Gasteiger partial charge in [0, 0.05) is 18.0 Å². The van der Waals surface area contributed by atoms with Gasteiger partial charge in [-0.1, -0.05) is 20.4 Å². The summed E-state index contributed by atoms with van der Waals surface area (Å²) in [6.45, 7) is 5.73. The number of aliphatic hydroxyl groups is 2. The molecule has 0 unspecified atom stereocenters. The van der Waals surface area contributed by atoms with Crippen molar-refractivity contribution in [2.24, 2.45) is 5.41 Å². The largest absolute Gasteiger partial charge is 0.396 e. The number of esters is 2. The van der Waals surface area contributed by atoms with E-state index in [1.807, 2.05) is 0 Å². The van der Waals surface area contributed by atoms with Crippen LogP contribution in [0.2, 0.25) is 0 Å². The molecule has 7 heteroatoms. The van der Waals surface area contributed by atoms with Crippen LogP contribution in [0.25, 0.3) is 0 Å². The van der Waals surface area contributed by atoms with Gasteiger partial charge in [0.1, 0.15) is 6.10 Å². The quantitative estimate of drug-likeness (QED) is 0.316. The number of hydrogen-bond donors (Lipinski definition) is 3. The third-order valence-corrected chi connectivity index (χ3v) is 2.41. The van der Waals surface area contributed by atoms with Gasteiger partial charge < -0.3 is 20.3 Å². The molecule has 0 aromatic heterocycles. The Balaban J connectivity index is 4.08. The van der Waals surface area contributed by atoms with Crippen LogP contribution in [0.5, 0.6) is 0 Å². The molecule has 0 aromatic carbocycles. The minimum absolute atomic E-state index is 0.0827. The molecule has 0 saturated carbocycles. The first kappa shape index (κ1) is 17.3. The van der Waals surface area contributed by atoms with Crippen molar-refractivity contribution in [3.63, 3.8) is 0 Å². The van der Waals surface area contributed by atoms with Crippen molar-refractivity contribution in [1.82, 2.24) is 5.32 Å². The molecule has 0 bridgehead atoms. The standard InChI is InChI=1S/C12H19NO6/c1-4-8(15)19-9(16)5-6-13-11(18)10(17)12(2,3)7-14/h4,10,14,17H,1,5-7H2,2-3H3,(H,13,18)/t10-/m0/s1. The van der Waals surface area contributed by atoms with Crippen molar-refractivity contribution in [3.8, 4) is 0 Å². The highest BCUT2D eigenvalue weighted by Crippen LogP contribution is 2.19. The molecule has 0 heterocycles. The lowest BCUT2D eigenvalue weighted by atomic mass is 9.87. The van der Waals surface area contributed by atoms with E-state index in [0.717, 1.165) is 6.08 Å². The minimum atomic E-state index is -1.40. The smallest absolute Gasteiger partial charge is 0.337 e. The average molecular weight is 273 g/mol. The number of rotatable bonds is 7. The minimum Gasteiger partial charge on any atom is -0.396 e. The Labute approximate surface area is 111 Å². The fourth-order valence-corrected chi connectivity index (χ4v) is 1.03. The summed E-state index contributed by atoms with van der Waals surface area (Å²) in [6, 6.07) is 0. The van der Waals surface area contributed by atoms with Crippen LogP contribution >= 0.6 is 0 Å². The molecule has 3 N–H and O–H groups in total. The fraction of sp³-hybridized carbons (Fsp3) is 0.583. The molecule has 0 aromatic rings. The molecule has 0 spiro atoms. The first-order valence-electron chi connectivity index (χ1n) is 5.68. The van der Waals surface area contributed by atoms with Gasteiger partial charge in [0.2, 0.25) is 5.91 Å². The molecular weight excluding hydrogens is 254 g/mol. The van der Waals surface area contributed by atoms with E-state index in [4.69, 9.17) is 5.11 Å². The SMILES string of the molecule is C=CC(=O)OC(=O)CCNC(=O)[C@H](O)C(C)(C)CO. The van der Waals surface area contributed by atoms with E-state index >= 15 is 0 Å². The van der Waals surface area contributed by atoms with Crippen LogP contribution in [0, 0.1) is 5.41 Å². The van der Waals surface area contributed by atoms with Crippen molar-refractivity contribution in [3.05, 3.63) is 12.7 Å². The summed E-state index contributed by atoms with van der Waals surface area (Å²) in [5.74, 6) is -2.37. The second-order valence-corrected chi connectivity index (χ2v) is 4.59. The Morgan fingerprint density at radius 2 is 2.00 bits per heavy atom. The molecule has 0 radical (unpaired) electrons. The number of carbonyl (C=O) groups is 3. The number of amides is 1. The van der Waals surface area contributed by atoms with Crippen molar-refractivity contribution < 1.29 is 29.3 Å². The van der Waals surface area contributed by atoms with Crippen LogP contribution in [0.3, 0.4) is 0 Å². The summed E-state index contributed by atoms with van der Waals surface area (Å²) in [4.78, 5) is 33.3. The summed E-state index contributed by atoms with van der Waals surface area (Å²) < 4.78 is 4.28. The second kappa shape index (κ2) is 7.65. The second-order valence-electron chi connectivity index (χ2n) is 4.59. The van der Waals surface area contributed by atoms with Gasteiger partial charge in [-0.3, -0.25) is 9.59 Å². The normalized spacial score (nSPS) is 12.4. The summed E-state index contributed by atoms with van der Waals surface area (Å²) in [5, 5.41) is 20.9. The summed E-state index contributed by atoms with van der Waals surface area (Å²) in [7, 11) is 0. The van der Waals surface area contributed by atoms with Gasteiger partial charge in [0.15, 0.2) is 0 Å². The highest BCUT2D eigenvalue weighted by molar-refractivity contribution is 5.91. The Hall–Kier alpha value is -1.73. The molecular formula is C12H19NO6. The predicted molar refractivity (Wildman–Crippen MR) is 65.8 cm³/mol. The summed E-state index contributed by atoms with van der Waals surface area (Å²) in [5.41, 5.74) is -0.983. The van der Waals surface area contributed by atoms with Crippen LogP contribution < -0.4 is 5.32 Å². The van der Waals surface area contributed by atoms with E-state index in [1.165, 1.54) is 13.8 Å². The molecule has 19 heavy (non-hydrogen) atoms. The lowest BCUT2D eigenvalue weighted by molar-refractivity contribution is -0.156. The monoisotopic (exact) mass is 273 g/mol. The maximum Gasteiger partial charge on any atom is 0.337 e. The topological polar surface area (TPSA) is 113 Å². The van der Waals surface area contributed by atoms with Crippen molar-refractivity contribution >= 4 is 17.8 Å². The molecule has 1 atom stereocenters. The predicted octanol–water partition coefficient (Wildman–Crippen LogP) is -0.872. The number of hydrogen-bond acceptors (Lipinski definition) is 6. The maximum atomic E-state index is 11.5. The lowest BCUT2D eigenvalue weighted by Gasteiger charge is -2.27. The Bertz CT molecular complexity index is 363. The zero-order valence-corrected chi connectivity index (χ0v) is 11.0. The highest BCUT2D eigenvalue weighted by atomic mass is 16.6. The zero-order valence-electron chi connectivity index (χ0n) is 11.0. The molecule has 0 rings (SSSR count). The third kappa shape index (κ3) is 6.12. The average Bonchev–Trinajstić information content (AvgIpc) is 2.37. The zero-order chi connectivity index (χ0) is 15.1. The van der Waals surface area contributed by atoms with Crippen LogP contribution in [-0.4, -0.2) is 47.3 Å². The molecule has 7 nitrogen and oxygen atoms in total. The van der Waals surface area contributed by atoms with E-state index in [9.17, 15) is 19.5 Å². The van der Waals surface area contributed by atoms with Gasteiger partial charge in [-0.15, -0.1) is 0 Å². The summed E-state index contributed by atoms with van der Waals surface area (Å²) >= 11 is 0. The molecule has 0 aliphatic rings. The van der Waals surface area contributed by atoms with Gasteiger partial charge in [0.25, 0.3) is 0 Å². The molecule has 0 aliphatic heterocycles. The van der Waals surface area contributed by atoms with Crippen molar-refractivity contribution in [2.45, 2.75) is 26.4 Å².